The van der Waals surface area contributed by atoms with Crippen molar-refractivity contribution in [3.05, 3.63) is 60.2 Å². The molecule has 1 N–H and O–H groups in total. The number of benzene rings is 2. The summed E-state index contributed by atoms with van der Waals surface area (Å²) in [5.74, 6) is 2.44. The number of anilines is 1. The second-order valence-corrected chi connectivity index (χ2v) is 7.11. The Morgan fingerprint density at radius 3 is 2.66 bits per heavy atom. The normalized spacial score (nSPS) is 15.6. The van der Waals surface area contributed by atoms with E-state index in [0.29, 0.717) is 23.0 Å². The average molecular weight is 391 g/mol. The van der Waals surface area contributed by atoms with Crippen molar-refractivity contribution in [1.82, 2.24) is 10.2 Å². The van der Waals surface area contributed by atoms with E-state index in [2.05, 4.69) is 15.5 Å². The van der Waals surface area contributed by atoms with Gasteiger partial charge in [-0.2, -0.15) is 0 Å². The number of fused-ring (bicyclic) bond motifs is 1. The average Bonchev–Trinajstić information content (AvgIpc) is 3.45. The van der Waals surface area contributed by atoms with E-state index in [9.17, 15) is 4.79 Å². The fraction of sp³-hybridized carbons (Fsp3) is 0.227. The summed E-state index contributed by atoms with van der Waals surface area (Å²) in [4.78, 5) is 13.0. The lowest BCUT2D eigenvalue weighted by molar-refractivity contribution is -0.118. The van der Waals surface area contributed by atoms with E-state index in [1.54, 1.807) is 13.2 Å². The summed E-state index contributed by atoms with van der Waals surface area (Å²) < 4.78 is 16.2. The van der Waals surface area contributed by atoms with Gasteiger partial charge in [-0.05, 0) is 54.8 Å². The van der Waals surface area contributed by atoms with Gasteiger partial charge in [0.15, 0.2) is 17.3 Å². The quantitative estimate of drug-likeness (QED) is 0.712. The summed E-state index contributed by atoms with van der Waals surface area (Å²) in [5, 5.41) is 11.3. The SMILES string of the molecule is COc1ccccc1-c1ccc(NC(=O)C2(c3ccc4c(c3)OCO4)CC2)nn1.[HH]. The number of rotatable bonds is 5. The molecule has 0 atom stereocenters. The molecule has 0 unspecified atom stereocenters. The third kappa shape index (κ3) is 3.04. The first-order chi connectivity index (χ1) is 14.2. The fourth-order valence-corrected chi connectivity index (χ4v) is 3.60. The Hall–Kier alpha value is -3.61. The number of nitrogens with zero attached hydrogens (tertiary/aromatic N) is 2. The monoisotopic (exact) mass is 391 g/mol. The zero-order chi connectivity index (χ0) is 19.8. The Morgan fingerprint density at radius 2 is 1.90 bits per heavy atom. The van der Waals surface area contributed by atoms with Crippen molar-refractivity contribution >= 4 is 11.7 Å². The van der Waals surface area contributed by atoms with E-state index in [4.69, 9.17) is 14.2 Å². The van der Waals surface area contributed by atoms with Crippen LogP contribution in [-0.2, 0) is 10.2 Å². The molecule has 1 aliphatic carbocycles. The fourth-order valence-electron chi connectivity index (χ4n) is 3.60. The molecule has 2 heterocycles. The first-order valence-corrected chi connectivity index (χ1v) is 9.38. The molecule has 5 rings (SSSR count). The first-order valence-electron chi connectivity index (χ1n) is 9.38. The number of ether oxygens (including phenoxy) is 3. The molecule has 1 aromatic heterocycles. The summed E-state index contributed by atoms with van der Waals surface area (Å²) in [6, 6.07) is 16.8. The number of methoxy groups -OCH3 is 1. The second kappa shape index (κ2) is 6.77. The van der Waals surface area contributed by atoms with E-state index in [1.807, 2.05) is 48.5 Å². The van der Waals surface area contributed by atoms with Gasteiger partial charge in [0.1, 0.15) is 5.75 Å². The molecule has 7 nitrogen and oxygen atoms in total. The maximum atomic E-state index is 13.0. The van der Waals surface area contributed by atoms with Crippen molar-refractivity contribution < 1.29 is 20.4 Å². The van der Waals surface area contributed by atoms with E-state index in [0.717, 1.165) is 29.7 Å². The van der Waals surface area contributed by atoms with E-state index in [-0.39, 0.29) is 14.1 Å². The molecule has 1 amide bonds. The highest BCUT2D eigenvalue weighted by molar-refractivity contribution is 6.01. The minimum Gasteiger partial charge on any atom is -0.496 e. The van der Waals surface area contributed by atoms with E-state index < -0.39 is 5.41 Å². The van der Waals surface area contributed by atoms with Crippen LogP contribution in [0.25, 0.3) is 11.3 Å². The van der Waals surface area contributed by atoms with Crippen LogP contribution in [0, 0.1) is 0 Å². The van der Waals surface area contributed by atoms with Crippen LogP contribution in [0.1, 0.15) is 19.8 Å². The van der Waals surface area contributed by atoms with Gasteiger partial charge in [0.25, 0.3) is 0 Å². The minimum absolute atomic E-state index is 0. The molecule has 2 aliphatic rings. The smallest absolute Gasteiger partial charge is 0.236 e. The van der Waals surface area contributed by atoms with Crippen molar-refractivity contribution in [2.45, 2.75) is 18.3 Å². The van der Waals surface area contributed by atoms with E-state index in [1.165, 1.54) is 0 Å². The maximum Gasteiger partial charge on any atom is 0.236 e. The number of amides is 1. The van der Waals surface area contributed by atoms with Gasteiger partial charge in [-0.15, -0.1) is 10.2 Å². The highest BCUT2D eigenvalue weighted by Crippen LogP contribution is 2.51. The molecule has 1 saturated carbocycles. The van der Waals surface area contributed by atoms with Crippen molar-refractivity contribution in [3.8, 4) is 28.5 Å². The molecule has 0 spiro atoms. The Balaban J connectivity index is 0.00000218. The number of hydrogen-bond acceptors (Lipinski definition) is 6. The number of aromatic nitrogens is 2. The molecule has 3 aromatic rings. The van der Waals surface area contributed by atoms with Crippen molar-refractivity contribution in [2.24, 2.45) is 0 Å². The van der Waals surface area contributed by atoms with E-state index >= 15 is 0 Å². The van der Waals surface area contributed by atoms with Gasteiger partial charge in [0.05, 0.1) is 18.2 Å². The zero-order valence-corrected chi connectivity index (χ0v) is 15.8. The highest BCUT2D eigenvalue weighted by atomic mass is 16.7. The Kier molecular flexibility index (Phi) is 4.08. The molecule has 1 aliphatic heterocycles. The molecule has 0 radical (unpaired) electrons. The van der Waals surface area contributed by atoms with Gasteiger partial charge in [-0.25, -0.2) is 0 Å². The third-order valence-corrected chi connectivity index (χ3v) is 5.40. The summed E-state index contributed by atoms with van der Waals surface area (Å²) in [6.07, 6.45) is 1.57. The third-order valence-electron chi connectivity index (χ3n) is 5.40. The number of carbonyl (C=O) groups excluding carboxylic acids is 1. The summed E-state index contributed by atoms with van der Waals surface area (Å²) in [5.41, 5.74) is 1.90. The molecule has 29 heavy (non-hydrogen) atoms. The lowest BCUT2D eigenvalue weighted by atomic mass is 9.94. The number of nitrogens with one attached hydrogen (secondary N) is 1. The van der Waals surface area contributed by atoms with Gasteiger partial charge >= 0.3 is 0 Å². The van der Waals surface area contributed by atoms with Crippen molar-refractivity contribution in [3.63, 3.8) is 0 Å². The van der Waals surface area contributed by atoms with Crippen LogP contribution in [0.2, 0.25) is 0 Å². The second-order valence-electron chi connectivity index (χ2n) is 7.11. The molecule has 148 valence electrons. The molecular weight excluding hydrogens is 370 g/mol. The van der Waals surface area contributed by atoms with Gasteiger partial charge in [-0.1, -0.05) is 18.2 Å². The van der Waals surface area contributed by atoms with Crippen molar-refractivity contribution in [2.75, 3.05) is 19.2 Å². The van der Waals surface area contributed by atoms with Gasteiger partial charge in [0, 0.05) is 6.99 Å². The Labute approximate surface area is 169 Å². The van der Waals surface area contributed by atoms with Gasteiger partial charge in [-0.3, -0.25) is 4.79 Å². The minimum atomic E-state index is -0.552. The Bertz CT molecular complexity index is 1080. The molecular formula is C22H21N3O4. The maximum absolute atomic E-state index is 13.0. The van der Waals surface area contributed by atoms with Crippen LogP contribution in [-0.4, -0.2) is 30.0 Å². The van der Waals surface area contributed by atoms with Crippen LogP contribution < -0.4 is 19.5 Å². The van der Waals surface area contributed by atoms with Crippen LogP contribution in [0.3, 0.4) is 0 Å². The Morgan fingerprint density at radius 1 is 1.07 bits per heavy atom. The van der Waals surface area contributed by atoms with Crippen LogP contribution in [0.4, 0.5) is 5.82 Å². The summed E-state index contributed by atoms with van der Waals surface area (Å²) in [7, 11) is 1.62. The summed E-state index contributed by atoms with van der Waals surface area (Å²) in [6.45, 7) is 0.214. The first kappa shape index (κ1) is 17.5. The highest BCUT2D eigenvalue weighted by Gasteiger charge is 2.51. The predicted molar refractivity (Wildman–Crippen MR) is 108 cm³/mol. The lowest BCUT2D eigenvalue weighted by Gasteiger charge is -2.16. The molecule has 0 saturated heterocycles. The van der Waals surface area contributed by atoms with Gasteiger partial charge in [0.2, 0.25) is 12.7 Å². The largest absolute Gasteiger partial charge is 0.496 e. The summed E-state index contributed by atoms with van der Waals surface area (Å²) >= 11 is 0. The standard InChI is InChI=1S/C22H19N3O4.H2/c1-27-17-5-3-2-4-15(17)16-7-9-20(25-24-16)23-21(26)22(10-11-22)14-6-8-18-19(12-14)29-13-28-18;/h2-9,12H,10-11,13H2,1H3,(H,23,25,26);1H. The zero-order valence-electron chi connectivity index (χ0n) is 15.8. The lowest BCUT2D eigenvalue weighted by Crippen LogP contribution is -2.28. The number of para-hydroxylation sites is 1. The van der Waals surface area contributed by atoms with Crippen LogP contribution in [0.15, 0.2) is 54.6 Å². The van der Waals surface area contributed by atoms with Crippen LogP contribution in [0.5, 0.6) is 17.2 Å². The number of hydrogen-bond donors (Lipinski definition) is 1. The number of carbonyl (C=O) groups is 1. The predicted octanol–water partition coefficient (Wildman–Crippen LogP) is 3.80. The molecule has 1 fully saturated rings. The van der Waals surface area contributed by atoms with Gasteiger partial charge < -0.3 is 19.5 Å². The molecule has 7 heteroatoms. The van der Waals surface area contributed by atoms with Crippen LogP contribution >= 0.6 is 0 Å². The van der Waals surface area contributed by atoms with Crippen molar-refractivity contribution in [1.29, 1.82) is 0 Å². The topological polar surface area (TPSA) is 82.6 Å². The molecule has 0 bridgehead atoms. The molecule has 2 aromatic carbocycles.